The van der Waals surface area contributed by atoms with Crippen LogP contribution >= 0.6 is 0 Å². The molecule has 0 spiro atoms. The molecular weight excluding hydrogens is 162 g/mol. The third-order valence-corrected chi connectivity index (χ3v) is 2.95. The number of hydrogen-bond donors (Lipinski definition) is 2. The molecule has 1 rings (SSSR count). The summed E-state index contributed by atoms with van der Waals surface area (Å²) in [6.45, 7) is 2.42. The molecule has 2 heteroatoms. The van der Waals surface area contributed by atoms with E-state index in [1.54, 1.807) is 0 Å². The maximum Gasteiger partial charge on any atom is 0.0443 e. The number of rotatable bonds is 7. The van der Waals surface area contributed by atoms with Gasteiger partial charge in [0.05, 0.1) is 0 Å². The number of hydrogen-bond acceptors (Lipinski definition) is 2. The molecule has 0 aliphatic heterocycles. The number of nitrogens with one attached hydrogen (secondary N) is 1. The maximum absolute atomic E-state index is 8.56. The van der Waals surface area contributed by atoms with Crippen LogP contribution in [0, 0.1) is 5.92 Å². The van der Waals surface area contributed by atoms with Gasteiger partial charge in [0.25, 0.3) is 0 Å². The molecule has 0 amide bonds. The first-order chi connectivity index (χ1) is 6.43. The monoisotopic (exact) mass is 185 g/mol. The van der Waals surface area contributed by atoms with Crippen molar-refractivity contribution in [1.82, 2.24) is 5.32 Å². The molecule has 0 unspecified atom stereocenters. The molecule has 1 fully saturated rings. The van der Waals surface area contributed by atoms with E-state index >= 15 is 0 Å². The lowest BCUT2D eigenvalue weighted by Crippen LogP contribution is -2.18. The molecule has 2 N–H and O–H groups in total. The van der Waals surface area contributed by atoms with E-state index in [1.165, 1.54) is 38.5 Å². The first-order valence-corrected chi connectivity index (χ1v) is 5.75. The Morgan fingerprint density at radius 3 is 2.46 bits per heavy atom. The summed E-state index contributed by atoms with van der Waals surface area (Å²) >= 11 is 0. The smallest absolute Gasteiger partial charge is 0.0443 e. The fourth-order valence-corrected chi connectivity index (χ4v) is 2.14. The van der Waals surface area contributed by atoms with Crippen LogP contribution in [0.15, 0.2) is 0 Å². The van der Waals surface area contributed by atoms with Gasteiger partial charge in [0.1, 0.15) is 0 Å². The highest BCUT2D eigenvalue weighted by Gasteiger charge is 2.13. The van der Waals surface area contributed by atoms with Crippen LogP contribution in [0.25, 0.3) is 0 Å². The molecule has 0 aromatic rings. The minimum atomic E-state index is 0.315. The Balaban J connectivity index is 1.78. The molecule has 0 saturated heterocycles. The van der Waals surface area contributed by atoms with E-state index in [4.69, 9.17) is 5.11 Å². The number of aliphatic hydroxyl groups is 1. The van der Waals surface area contributed by atoms with Crippen LogP contribution in [-0.2, 0) is 0 Å². The largest absolute Gasteiger partial charge is 0.396 e. The van der Waals surface area contributed by atoms with Gasteiger partial charge in [-0.1, -0.05) is 25.7 Å². The molecule has 0 radical (unpaired) electrons. The Labute approximate surface area is 81.7 Å². The van der Waals surface area contributed by atoms with Crippen molar-refractivity contribution in [2.45, 2.75) is 44.9 Å². The van der Waals surface area contributed by atoms with Crippen molar-refractivity contribution in [2.24, 2.45) is 5.92 Å². The molecule has 2 nitrogen and oxygen atoms in total. The summed E-state index contributed by atoms with van der Waals surface area (Å²) in [6, 6.07) is 0. The fourth-order valence-electron chi connectivity index (χ4n) is 2.14. The normalized spacial score (nSPS) is 18.2. The molecule has 0 aromatic carbocycles. The van der Waals surface area contributed by atoms with Gasteiger partial charge < -0.3 is 10.4 Å². The second-order valence-electron chi connectivity index (χ2n) is 4.12. The van der Waals surface area contributed by atoms with Gasteiger partial charge in [-0.3, -0.25) is 0 Å². The predicted molar refractivity (Wildman–Crippen MR) is 55.8 cm³/mol. The highest BCUT2D eigenvalue weighted by molar-refractivity contribution is 4.67. The zero-order chi connectivity index (χ0) is 9.36. The lowest BCUT2D eigenvalue weighted by molar-refractivity contribution is 0.285. The highest BCUT2D eigenvalue weighted by Crippen LogP contribution is 2.28. The summed E-state index contributed by atoms with van der Waals surface area (Å²) < 4.78 is 0. The molecule has 13 heavy (non-hydrogen) atoms. The minimum Gasteiger partial charge on any atom is -0.396 e. The van der Waals surface area contributed by atoms with E-state index in [0.29, 0.717) is 6.61 Å². The highest BCUT2D eigenvalue weighted by atomic mass is 16.3. The van der Waals surface area contributed by atoms with Crippen LogP contribution in [0.1, 0.15) is 44.9 Å². The van der Waals surface area contributed by atoms with Crippen molar-refractivity contribution >= 4 is 0 Å². The van der Waals surface area contributed by atoms with Crippen molar-refractivity contribution < 1.29 is 5.11 Å². The Bertz CT molecular complexity index is 111. The van der Waals surface area contributed by atoms with Crippen LogP contribution in [0.4, 0.5) is 0 Å². The van der Waals surface area contributed by atoms with Gasteiger partial charge in [-0.2, -0.15) is 0 Å². The van der Waals surface area contributed by atoms with Gasteiger partial charge in [-0.05, 0) is 38.3 Å². The van der Waals surface area contributed by atoms with Crippen LogP contribution in [0.3, 0.4) is 0 Å². The zero-order valence-electron chi connectivity index (χ0n) is 8.60. The summed E-state index contributed by atoms with van der Waals surface area (Å²) in [5, 5.41) is 11.9. The van der Waals surface area contributed by atoms with Crippen molar-refractivity contribution in [2.75, 3.05) is 19.7 Å². The maximum atomic E-state index is 8.56. The van der Waals surface area contributed by atoms with Crippen LogP contribution in [-0.4, -0.2) is 24.8 Å². The molecule has 0 atom stereocenters. The van der Waals surface area contributed by atoms with Gasteiger partial charge in [-0.15, -0.1) is 0 Å². The standard InChI is InChI=1S/C11H23NO/c13-10-4-9-12-8-3-7-11-5-1-2-6-11/h11-13H,1-10H2. The minimum absolute atomic E-state index is 0.315. The average Bonchev–Trinajstić information content (AvgIpc) is 2.63. The zero-order valence-corrected chi connectivity index (χ0v) is 8.60. The van der Waals surface area contributed by atoms with Gasteiger partial charge in [0.15, 0.2) is 0 Å². The first-order valence-electron chi connectivity index (χ1n) is 5.75. The Morgan fingerprint density at radius 1 is 1.08 bits per heavy atom. The third kappa shape index (κ3) is 5.27. The summed E-state index contributed by atoms with van der Waals surface area (Å²) in [6.07, 6.45) is 9.48. The molecule has 0 aromatic heterocycles. The first kappa shape index (κ1) is 11.0. The van der Waals surface area contributed by atoms with E-state index in [9.17, 15) is 0 Å². The lowest BCUT2D eigenvalue weighted by atomic mass is 10.0. The van der Waals surface area contributed by atoms with Crippen LogP contribution in [0.2, 0.25) is 0 Å². The lowest BCUT2D eigenvalue weighted by Gasteiger charge is -2.08. The van der Waals surface area contributed by atoms with E-state index in [-0.39, 0.29) is 0 Å². The van der Waals surface area contributed by atoms with E-state index in [1.807, 2.05) is 0 Å². The molecule has 1 aliphatic rings. The summed E-state index contributed by atoms with van der Waals surface area (Å²) in [5.41, 5.74) is 0. The third-order valence-electron chi connectivity index (χ3n) is 2.95. The fraction of sp³-hybridized carbons (Fsp3) is 1.00. The van der Waals surface area contributed by atoms with E-state index in [0.717, 1.165) is 25.4 Å². The van der Waals surface area contributed by atoms with Gasteiger partial charge in [-0.25, -0.2) is 0 Å². The summed E-state index contributed by atoms with van der Waals surface area (Å²) in [4.78, 5) is 0. The van der Waals surface area contributed by atoms with Gasteiger partial charge in [0, 0.05) is 6.61 Å². The topological polar surface area (TPSA) is 32.3 Å². The summed E-state index contributed by atoms with van der Waals surface area (Å²) in [5.74, 6) is 1.03. The van der Waals surface area contributed by atoms with Crippen molar-refractivity contribution in [1.29, 1.82) is 0 Å². The quantitative estimate of drug-likeness (QED) is 0.594. The molecule has 1 saturated carbocycles. The van der Waals surface area contributed by atoms with Crippen LogP contribution in [0.5, 0.6) is 0 Å². The van der Waals surface area contributed by atoms with Crippen molar-refractivity contribution in [3.8, 4) is 0 Å². The van der Waals surface area contributed by atoms with E-state index in [2.05, 4.69) is 5.32 Å². The molecular formula is C11H23NO. The van der Waals surface area contributed by atoms with Crippen LogP contribution < -0.4 is 5.32 Å². The van der Waals surface area contributed by atoms with Gasteiger partial charge in [0.2, 0.25) is 0 Å². The Morgan fingerprint density at radius 2 is 1.77 bits per heavy atom. The molecule has 78 valence electrons. The molecule has 0 bridgehead atoms. The Hall–Kier alpha value is -0.0800. The SMILES string of the molecule is OCCCNCCCC1CCCC1. The van der Waals surface area contributed by atoms with E-state index < -0.39 is 0 Å². The summed E-state index contributed by atoms with van der Waals surface area (Å²) in [7, 11) is 0. The van der Waals surface area contributed by atoms with Crippen molar-refractivity contribution in [3.63, 3.8) is 0 Å². The Kier molecular flexibility index (Phi) is 6.21. The van der Waals surface area contributed by atoms with Crippen molar-refractivity contribution in [3.05, 3.63) is 0 Å². The predicted octanol–water partition coefficient (Wildman–Crippen LogP) is 1.93. The second-order valence-corrected chi connectivity index (χ2v) is 4.12. The number of aliphatic hydroxyl groups excluding tert-OH is 1. The average molecular weight is 185 g/mol. The molecule has 1 aliphatic carbocycles. The second kappa shape index (κ2) is 7.34. The van der Waals surface area contributed by atoms with Gasteiger partial charge >= 0.3 is 0 Å². The molecule has 0 heterocycles.